The lowest BCUT2D eigenvalue weighted by atomic mass is 9.82. The zero-order valence-electron chi connectivity index (χ0n) is 17.1. The maximum absolute atomic E-state index is 13.6. The number of carbonyl (C=O) groups excluding carboxylic acids is 3. The highest BCUT2D eigenvalue weighted by Gasteiger charge is 2.54. The van der Waals surface area contributed by atoms with E-state index in [1.165, 1.54) is 0 Å². The quantitative estimate of drug-likeness (QED) is 0.750. The number of imide groups is 1. The van der Waals surface area contributed by atoms with Crippen molar-refractivity contribution in [2.75, 3.05) is 6.54 Å². The van der Waals surface area contributed by atoms with Gasteiger partial charge in [0.2, 0.25) is 5.91 Å². The lowest BCUT2D eigenvalue weighted by Crippen LogP contribution is -2.47. The Kier molecular flexibility index (Phi) is 5.57. The summed E-state index contributed by atoms with van der Waals surface area (Å²) in [4.78, 5) is 40.1. The summed E-state index contributed by atoms with van der Waals surface area (Å²) >= 11 is 0. The molecule has 1 saturated heterocycles. The number of rotatable bonds is 5. The van der Waals surface area contributed by atoms with Gasteiger partial charge in [0.25, 0.3) is 5.91 Å². The summed E-state index contributed by atoms with van der Waals surface area (Å²) in [7, 11) is 0. The summed E-state index contributed by atoms with van der Waals surface area (Å²) < 4.78 is 0. The third-order valence-electron chi connectivity index (χ3n) is 6.20. The fourth-order valence-electron chi connectivity index (χ4n) is 4.48. The molecule has 4 rings (SSSR count). The summed E-state index contributed by atoms with van der Waals surface area (Å²) in [6, 6.07) is 17.9. The number of hydrogen-bond acceptors (Lipinski definition) is 3. The fraction of sp³-hybridized carbons (Fsp3) is 0.375. The molecule has 2 N–H and O–H groups in total. The van der Waals surface area contributed by atoms with Crippen molar-refractivity contribution in [1.82, 2.24) is 15.5 Å². The van der Waals surface area contributed by atoms with Crippen molar-refractivity contribution in [1.29, 1.82) is 0 Å². The fourth-order valence-corrected chi connectivity index (χ4v) is 4.48. The van der Waals surface area contributed by atoms with E-state index >= 15 is 0 Å². The van der Waals surface area contributed by atoms with Crippen LogP contribution in [0.4, 0.5) is 4.79 Å². The number of carbonyl (C=O) groups is 3. The molecule has 1 heterocycles. The molecule has 2 aliphatic rings. The highest BCUT2D eigenvalue weighted by atomic mass is 16.2. The van der Waals surface area contributed by atoms with E-state index in [-0.39, 0.29) is 18.5 Å². The molecule has 2 fully saturated rings. The van der Waals surface area contributed by atoms with E-state index in [9.17, 15) is 14.4 Å². The predicted molar refractivity (Wildman–Crippen MR) is 113 cm³/mol. The van der Waals surface area contributed by atoms with Gasteiger partial charge in [0.15, 0.2) is 5.54 Å². The van der Waals surface area contributed by atoms with Gasteiger partial charge in [-0.05, 0) is 42.7 Å². The Morgan fingerprint density at radius 2 is 1.50 bits per heavy atom. The minimum Gasteiger partial charge on any atom is -0.352 e. The SMILES string of the molecule is CC1CCC(NC(=O)CN2C(=O)NC(c3ccccc3)(c3ccccc3)C2=O)CC1. The third kappa shape index (κ3) is 3.70. The number of benzene rings is 2. The van der Waals surface area contributed by atoms with Gasteiger partial charge in [-0.15, -0.1) is 0 Å². The zero-order chi connectivity index (χ0) is 21.1. The first-order valence-electron chi connectivity index (χ1n) is 10.5. The molecule has 6 nitrogen and oxygen atoms in total. The first-order chi connectivity index (χ1) is 14.5. The zero-order valence-corrected chi connectivity index (χ0v) is 17.1. The minimum atomic E-state index is -1.33. The maximum Gasteiger partial charge on any atom is 0.326 e. The molecular formula is C24H27N3O3. The largest absolute Gasteiger partial charge is 0.352 e. The second-order valence-electron chi connectivity index (χ2n) is 8.33. The second-order valence-corrected chi connectivity index (χ2v) is 8.33. The van der Waals surface area contributed by atoms with Crippen molar-refractivity contribution in [2.24, 2.45) is 5.92 Å². The van der Waals surface area contributed by atoms with Crippen LogP contribution in [0.15, 0.2) is 60.7 Å². The van der Waals surface area contributed by atoms with Crippen molar-refractivity contribution < 1.29 is 14.4 Å². The molecule has 2 aromatic carbocycles. The Morgan fingerprint density at radius 3 is 2.03 bits per heavy atom. The van der Waals surface area contributed by atoms with Gasteiger partial charge >= 0.3 is 6.03 Å². The standard InChI is InChI=1S/C24H27N3O3/c1-17-12-14-20(15-13-17)25-21(28)16-27-22(29)24(26-23(27)30,18-8-4-2-5-9-18)19-10-6-3-7-11-19/h2-11,17,20H,12-16H2,1H3,(H,25,28)(H,26,30). The average molecular weight is 405 g/mol. The maximum atomic E-state index is 13.6. The van der Waals surface area contributed by atoms with Crippen LogP contribution >= 0.6 is 0 Å². The van der Waals surface area contributed by atoms with E-state index in [0.29, 0.717) is 17.0 Å². The third-order valence-corrected chi connectivity index (χ3v) is 6.20. The highest BCUT2D eigenvalue weighted by molar-refractivity contribution is 6.11. The Morgan fingerprint density at radius 1 is 0.967 bits per heavy atom. The van der Waals surface area contributed by atoms with Crippen molar-refractivity contribution in [3.05, 3.63) is 71.8 Å². The molecule has 1 saturated carbocycles. The molecule has 30 heavy (non-hydrogen) atoms. The van der Waals surface area contributed by atoms with Gasteiger partial charge in [-0.1, -0.05) is 67.6 Å². The summed E-state index contributed by atoms with van der Waals surface area (Å²) in [6.07, 6.45) is 4.04. The van der Waals surface area contributed by atoms with Crippen molar-refractivity contribution in [3.63, 3.8) is 0 Å². The van der Waals surface area contributed by atoms with Crippen LogP contribution in [-0.4, -0.2) is 35.3 Å². The van der Waals surface area contributed by atoms with Crippen LogP contribution in [0.25, 0.3) is 0 Å². The lowest BCUT2D eigenvalue weighted by Gasteiger charge is -2.28. The molecule has 156 valence electrons. The number of nitrogens with zero attached hydrogens (tertiary/aromatic N) is 1. The number of urea groups is 1. The smallest absolute Gasteiger partial charge is 0.326 e. The molecule has 6 heteroatoms. The van der Waals surface area contributed by atoms with Crippen LogP contribution in [0.5, 0.6) is 0 Å². The number of hydrogen-bond donors (Lipinski definition) is 2. The van der Waals surface area contributed by atoms with Crippen LogP contribution in [0.2, 0.25) is 0 Å². The summed E-state index contributed by atoms with van der Waals surface area (Å²) in [5, 5.41) is 5.87. The van der Waals surface area contributed by atoms with Gasteiger partial charge in [-0.2, -0.15) is 0 Å². The second kappa shape index (κ2) is 8.30. The minimum absolute atomic E-state index is 0.113. The van der Waals surface area contributed by atoms with Crippen LogP contribution in [0, 0.1) is 5.92 Å². The van der Waals surface area contributed by atoms with Gasteiger partial charge in [0, 0.05) is 6.04 Å². The Bertz CT molecular complexity index is 882. The van der Waals surface area contributed by atoms with Crippen LogP contribution in [-0.2, 0) is 15.1 Å². The predicted octanol–water partition coefficient (Wildman–Crippen LogP) is 3.18. The molecule has 2 aromatic rings. The molecule has 0 bridgehead atoms. The summed E-state index contributed by atoms with van der Waals surface area (Å²) in [5.41, 5.74) is -0.00221. The van der Waals surface area contributed by atoms with E-state index in [1.807, 2.05) is 60.7 Å². The van der Waals surface area contributed by atoms with Gasteiger partial charge < -0.3 is 10.6 Å². The van der Waals surface area contributed by atoms with Crippen LogP contribution < -0.4 is 10.6 Å². The van der Waals surface area contributed by atoms with Gasteiger partial charge in [-0.25, -0.2) is 4.79 Å². The van der Waals surface area contributed by atoms with E-state index in [0.717, 1.165) is 30.6 Å². The van der Waals surface area contributed by atoms with Crippen molar-refractivity contribution in [3.8, 4) is 0 Å². The molecule has 1 aliphatic carbocycles. The first-order valence-corrected chi connectivity index (χ1v) is 10.5. The molecule has 0 atom stereocenters. The van der Waals surface area contributed by atoms with Gasteiger partial charge in [0.1, 0.15) is 6.54 Å². The average Bonchev–Trinajstić information content (AvgIpc) is 3.02. The monoisotopic (exact) mass is 405 g/mol. The first kappa shape index (κ1) is 20.1. The Labute approximate surface area is 176 Å². The van der Waals surface area contributed by atoms with Crippen LogP contribution in [0.1, 0.15) is 43.7 Å². The highest BCUT2D eigenvalue weighted by Crippen LogP contribution is 2.35. The van der Waals surface area contributed by atoms with E-state index in [2.05, 4.69) is 17.6 Å². The summed E-state index contributed by atoms with van der Waals surface area (Å²) in [6.45, 7) is 1.94. The molecular weight excluding hydrogens is 378 g/mol. The van der Waals surface area contributed by atoms with Crippen LogP contribution in [0.3, 0.4) is 0 Å². The van der Waals surface area contributed by atoms with Crippen molar-refractivity contribution in [2.45, 2.75) is 44.2 Å². The molecule has 4 amide bonds. The number of amides is 4. The van der Waals surface area contributed by atoms with E-state index < -0.39 is 17.5 Å². The normalized spacial score (nSPS) is 23.2. The van der Waals surface area contributed by atoms with Gasteiger partial charge in [0.05, 0.1) is 0 Å². The van der Waals surface area contributed by atoms with E-state index in [1.54, 1.807) is 0 Å². The van der Waals surface area contributed by atoms with Crippen molar-refractivity contribution >= 4 is 17.8 Å². The molecule has 1 aliphatic heterocycles. The molecule has 0 unspecified atom stereocenters. The Hall–Kier alpha value is -3.15. The summed E-state index contributed by atoms with van der Waals surface area (Å²) in [5.74, 6) is -0.0475. The topological polar surface area (TPSA) is 78.5 Å². The molecule has 0 radical (unpaired) electrons. The molecule has 0 aromatic heterocycles. The Balaban J connectivity index is 1.57. The van der Waals surface area contributed by atoms with E-state index in [4.69, 9.17) is 0 Å². The molecule has 0 spiro atoms. The lowest BCUT2D eigenvalue weighted by molar-refractivity contribution is -0.134. The van der Waals surface area contributed by atoms with Gasteiger partial charge in [-0.3, -0.25) is 14.5 Å². The number of nitrogens with one attached hydrogen (secondary N) is 2.